The fraction of sp³-hybridized carbons (Fsp3) is 0.417. The van der Waals surface area contributed by atoms with Crippen LogP contribution >= 0.6 is 46.4 Å². The summed E-state index contributed by atoms with van der Waals surface area (Å²) in [6.45, 7) is 5.57. The van der Waals surface area contributed by atoms with Gasteiger partial charge in [0.05, 0.1) is 22.0 Å². The van der Waals surface area contributed by atoms with Gasteiger partial charge >= 0.3 is 0 Å². The summed E-state index contributed by atoms with van der Waals surface area (Å²) >= 11 is 24.3. The summed E-state index contributed by atoms with van der Waals surface area (Å²) in [7, 11) is -3.91. The van der Waals surface area contributed by atoms with E-state index in [9.17, 15) is 18.0 Å². The molecule has 0 aromatic heterocycles. The fourth-order valence-corrected chi connectivity index (χ4v) is 5.14. The molecule has 0 aliphatic carbocycles. The summed E-state index contributed by atoms with van der Waals surface area (Å²) in [4.78, 5) is 28.1. The number of nitrogens with one attached hydrogen (secondary N) is 1. The Hall–Kier alpha value is -1.71. The van der Waals surface area contributed by atoms with Crippen molar-refractivity contribution in [2.75, 3.05) is 23.7 Å². The van der Waals surface area contributed by atoms with E-state index >= 15 is 0 Å². The molecular formula is C24H29Cl4N3O4S. The maximum atomic E-state index is 13.7. The highest BCUT2D eigenvalue weighted by Crippen LogP contribution is 2.28. The first-order valence-corrected chi connectivity index (χ1v) is 14.5. The molecule has 0 aliphatic heterocycles. The van der Waals surface area contributed by atoms with E-state index < -0.39 is 28.5 Å². The van der Waals surface area contributed by atoms with Gasteiger partial charge in [-0.15, -0.1) is 0 Å². The number of hydrogen-bond donors (Lipinski definition) is 1. The van der Waals surface area contributed by atoms with Gasteiger partial charge in [-0.25, -0.2) is 8.42 Å². The molecule has 198 valence electrons. The van der Waals surface area contributed by atoms with Crippen molar-refractivity contribution in [2.24, 2.45) is 5.92 Å². The van der Waals surface area contributed by atoms with Crippen LogP contribution in [0.1, 0.15) is 32.8 Å². The Morgan fingerprint density at radius 1 is 0.972 bits per heavy atom. The van der Waals surface area contributed by atoms with Crippen LogP contribution < -0.4 is 9.62 Å². The van der Waals surface area contributed by atoms with Crippen molar-refractivity contribution in [3.05, 3.63) is 62.1 Å². The van der Waals surface area contributed by atoms with E-state index in [-0.39, 0.29) is 34.1 Å². The van der Waals surface area contributed by atoms with Gasteiger partial charge in [-0.1, -0.05) is 73.2 Å². The van der Waals surface area contributed by atoms with Crippen molar-refractivity contribution in [3.8, 4) is 0 Å². The van der Waals surface area contributed by atoms with Crippen molar-refractivity contribution in [1.29, 1.82) is 0 Å². The van der Waals surface area contributed by atoms with Crippen molar-refractivity contribution in [1.82, 2.24) is 10.2 Å². The van der Waals surface area contributed by atoms with Gasteiger partial charge in [0.25, 0.3) is 0 Å². The summed E-state index contributed by atoms with van der Waals surface area (Å²) in [5.41, 5.74) is 0.764. The highest BCUT2D eigenvalue weighted by atomic mass is 35.5. The van der Waals surface area contributed by atoms with Crippen LogP contribution in [-0.2, 0) is 26.2 Å². The topological polar surface area (TPSA) is 86.8 Å². The Labute approximate surface area is 232 Å². The average Bonchev–Trinajstić information content (AvgIpc) is 2.76. The van der Waals surface area contributed by atoms with Gasteiger partial charge in [-0.2, -0.15) is 0 Å². The summed E-state index contributed by atoms with van der Waals surface area (Å²) in [5.74, 6) is -0.718. The van der Waals surface area contributed by atoms with Gasteiger partial charge in [-0.3, -0.25) is 13.9 Å². The average molecular weight is 597 g/mol. The zero-order valence-electron chi connectivity index (χ0n) is 20.4. The van der Waals surface area contributed by atoms with E-state index in [0.717, 1.165) is 10.6 Å². The van der Waals surface area contributed by atoms with Gasteiger partial charge in [0.15, 0.2) is 0 Å². The van der Waals surface area contributed by atoms with Crippen LogP contribution in [0.15, 0.2) is 36.4 Å². The second-order valence-electron chi connectivity index (χ2n) is 8.73. The van der Waals surface area contributed by atoms with Crippen LogP contribution in [0.25, 0.3) is 0 Å². The number of halogens is 4. The second-order valence-corrected chi connectivity index (χ2v) is 12.3. The molecule has 2 amide bonds. The molecule has 0 saturated carbocycles. The van der Waals surface area contributed by atoms with Crippen LogP contribution in [0.2, 0.25) is 20.1 Å². The SMILES string of the molecule is CC[C@H](C(=O)NCC(C)C)N(Cc1ccc(Cl)c(Cl)c1)C(=O)CN(c1cc(Cl)cc(Cl)c1)S(C)(=O)=O. The molecule has 2 rings (SSSR count). The molecule has 1 atom stereocenters. The number of benzene rings is 2. The molecule has 0 unspecified atom stereocenters. The van der Waals surface area contributed by atoms with Gasteiger partial charge in [-0.05, 0) is 48.2 Å². The lowest BCUT2D eigenvalue weighted by Crippen LogP contribution is -2.52. The third kappa shape index (κ3) is 8.70. The van der Waals surface area contributed by atoms with E-state index in [0.29, 0.717) is 28.6 Å². The van der Waals surface area contributed by atoms with E-state index in [1.54, 1.807) is 25.1 Å². The Balaban J connectivity index is 2.48. The van der Waals surface area contributed by atoms with Crippen molar-refractivity contribution in [3.63, 3.8) is 0 Å². The Morgan fingerprint density at radius 2 is 1.58 bits per heavy atom. The molecule has 0 fully saturated rings. The maximum Gasteiger partial charge on any atom is 0.244 e. The third-order valence-corrected chi connectivity index (χ3v) is 7.54. The number of amides is 2. The number of hydrogen-bond acceptors (Lipinski definition) is 4. The van der Waals surface area contributed by atoms with E-state index in [2.05, 4.69) is 5.32 Å². The molecule has 0 bridgehead atoms. The largest absolute Gasteiger partial charge is 0.354 e. The smallest absolute Gasteiger partial charge is 0.244 e. The first kappa shape index (κ1) is 30.5. The summed E-state index contributed by atoms with van der Waals surface area (Å²) in [5, 5.41) is 3.93. The molecule has 0 heterocycles. The zero-order valence-corrected chi connectivity index (χ0v) is 24.2. The molecule has 7 nitrogen and oxygen atoms in total. The number of anilines is 1. The van der Waals surface area contributed by atoms with Gasteiger partial charge < -0.3 is 10.2 Å². The minimum atomic E-state index is -3.91. The molecule has 0 saturated heterocycles. The van der Waals surface area contributed by atoms with E-state index in [4.69, 9.17) is 46.4 Å². The van der Waals surface area contributed by atoms with Gasteiger partial charge in [0.2, 0.25) is 21.8 Å². The molecule has 12 heteroatoms. The van der Waals surface area contributed by atoms with Crippen molar-refractivity contribution < 1.29 is 18.0 Å². The quantitative estimate of drug-likeness (QED) is 0.363. The zero-order chi connectivity index (χ0) is 27.2. The lowest BCUT2D eigenvalue weighted by atomic mass is 10.1. The number of carbonyl (C=O) groups excluding carboxylic acids is 2. The summed E-state index contributed by atoms with van der Waals surface area (Å²) in [6, 6.07) is 8.30. The first-order valence-electron chi connectivity index (χ1n) is 11.2. The van der Waals surface area contributed by atoms with Gasteiger partial charge in [0, 0.05) is 23.1 Å². The summed E-state index contributed by atoms with van der Waals surface area (Å²) in [6.07, 6.45) is 1.28. The van der Waals surface area contributed by atoms with Crippen molar-refractivity contribution >= 4 is 73.9 Å². The predicted molar refractivity (Wildman–Crippen MR) is 148 cm³/mol. The fourth-order valence-electron chi connectivity index (χ4n) is 3.47. The molecule has 1 N–H and O–H groups in total. The molecule has 36 heavy (non-hydrogen) atoms. The van der Waals surface area contributed by atoms with Crippen LogP contribution in [0, 0.1) is 5.92 Å². The standard InChI is InChI=1S/C24H29Cl4N3O4S/c1-5-22(24(33)29-12-15(2)3)30(13-16-6-7-20(27)21(28)8-16)23(32)14-31(36(4,34)35)19-10-17(25)9-18(26)11-19/h6-11,15,22H,5,12-14H2,1-4H3,(H,29,33)/t22-/m1/s1. The normalized spacial score (nSPS) is 12.4. The Kier molecular flexibility index (Phi) is 11.2. The van der Waals surface area contributed by atoms with E-state index in [1.165, 1.54) is 23.1 Å². The number of nitrogens with zero attached hydrogens (tertiary/aromatic N) is 2. The van der Waals surface area contributed by atoms with Crippen molar-refractivity contribution in [2.45, 2.75) is 39.8 Å². The second kappa shape index (κ2) is 13.2. The first-order chi connectivity index (χ1) is 16.7. The molecule has 2 aromatic carbocycles. The van der Waals surface area contributed by atoms with Gasteiger partial charge in [0.1, 0.15) is 12.6 Å². The molecule has 0 radical (unpaired) electrons. The third-order valence-electron chi connectivity index (χ3n) is 5.22. The Bertz CT molecular complexity index is 1190. The van der Waals surface area contributed by atoms with E-state index in [1.807, 2.05) is 13.8 Å². The molecule has 0 aliphatic rings. The van der Waals surface area contributed by atoms with Crippen LogP contribution in [-0.4, -0.2) is 50.5 Å². The lowest BCUT2D eigenvalue weighted by molar-refractivity contribution is -0.140. The molecular weight excluding hydrogens is 568 g/mol. The molecule has 2 aromatic rings. The highest BCUT2D eigenvalue weighted by molar-refractivity contribution is 7.92. The minimum Gasteiger partial charge on any atom is -0.354 e. The minimum absolute atomic E-state index is 0.0111. The van der Waals surface area contributed by atoms with Crippen LogP contribution in [0.4, 0.5) is 5.69 Å². The van der Waals surface area contributed by atoms with Crippen LogP contribution in [0.5, 0.6) is 0 Å². The summed E-state index contributed by atoms with van der Waals surface area (Å²) < 4.78 is 26.2. The number of rotatable bonds is 11. The van der Waals surface area contributed by atoms with Crippen LogP contribution in [0.3, 0.4) is 0 Å². The number of sulfonamides is 1. The predicted octanol–water partition coefficient (Wildman–Crippen LogP) is 5.65. The lowest BCUT2D eigenvalue weighted by Gasteiger charge is -2.33. The number of carbonyl (C=O) groups is 2. The Morgan fingerprint density at radius 3 is 2.08 bits per heavy atom. The molecule has 0 spiro atoms. The monoisotopic (exact) mass is 595 g/mol. The highest BCUT2D eigenvalue weighted by Gasteiger charge is 2.32. The maximum absolute atomic E-state index is 13.7.